The van der Waals surface area contributed by atoms with Gasteiger partial charge in [0.25, 0.3) is 0 Å². The summed E-state index contributed by atoms with van der Waals surface area (Å²) in [5, 5.41) is 9.14. The Hall–Kier alpha value is -0.650. The van der Waals surface area contributed by atoms with Gasteiger partial charge in [-0.25, -0.2) is 0 Å². The van der Waals surface area contributed by atoms with Crippen molar-refractivity contribution in [1.82, 2.24) is 0 Å². The minimum absolute atomic E-state index is 0.0762. The number of carboxylic acid groups (broad SMARTS) is 1. The van der Waals surface area contributed by atoms with Crippen molar-refractivity contribution in [2.24, 2.45) is 11.7 Å². The molecule has 1 saturated carbocycles. The van der Waals surface area contributed by atoms with Gasteiger partial charge in [0, 0.05) is 6.61 Å². The molecule has 0 spiro atoms. The largest absolute Gasteiger partial charge is 0.480 e. The SMILES string of the molecule is NC(COCC1CCCCO1)(C(=O)O)C1CC1. The fourth-order valence-electron chi connectivity index (χ4n) is 2.25. The van der Waals surface area contributed by atoms with Crippen molar-refractivity contribution in [2.75, 3.05) is 19.8 Å². The molecule has 17 heavy (non-hydrogen) atoms. The highest BCUT2D eigenvalue weighted by Crippen LogP contribution is 2.38. The molecule has 98 valence electrons. The second-order valence-electron chi connectivity index (χ2n) is 5.12. The second kappa shape index (κ2) is 5.33. The van der Waals surface area contributed by atoms with Crippen molar-refractivity contribution < 1.29 is 19.4 Å². The number of hydrogen-bond donors (Lipinski definition) is 2. The van der Waals surface area contributed by atoms with Crippen molar-refractivity contribution in [2.45, 2.75) is 43.7 Å². The van der Waals surface area contributed by atoms with E-state index < -0.39 is 11.5 Å². The molecule has 5 nitrogen and oxygen atoms in total. The molecule has 0 aromatic rings. The number of hydrogen-bond acceptors (Lipinski definition) is 4. The minimum atomic E-state index is -1.20. The van der Waals surface area contributed by atoms with E-state index in [-0.39, 0.29) is 18.6 Å². The van der Waals surface area contributed by atoms with Crippen LogP contribution in [0.15, 0.2) is 0 Å². The normalized spacial score (nSPS) is 28.6. The van der Waals surface area contributed by atoms with E-state index in [1.165, 1.54) is 0 Å². The topological polar surface area (TPSA) is 81.8 Å². The van der Waals surface area contributed by atoms with Gasteiger partial charge < -0.3 is 20.3 Å². The van der Waals surface area contributed by atoms with Gasteiger partial charge in [0.2, 0.25) is 0 Å². The number of carbonyl (C=O) groups is 1. The third-order valence-electron chi connectivity index (χ3n) is 3.62. The minimum Gasteiger partial charge on any atom is -0.480 e. The zero-order valence-electron chi connectivity index (χ0n) is 10.1. The molecule has 1 saturated heterocycles. The molecule has 1 aliphatic heterocycles. The molecule has 2 atom stereocenters. The van der Waals surface area contributed by atoms with Crippen LogP contribution in [0.3, 0.4) is 0 Å². The van der Waals surface area contributed by atoms with Crippen LogP contribution >= 0.6 is 0 Å². The summed E-state index contributed by atoms with van der Waals surface area (Å²) in [6.45, 7) is 1.33. The van der Waals surface area contributed by atoms with E-state index in [4.69, 9.17) is 20.3 Å². The van der Waals surface area contributed by atoms with Gasteiger partial charge in [-0.3, -0.25) is 4.79 Å². The molecule has 2 unspecified atom stereocenters. The van der Waals surface area contributed by atoms with Gasteiger partial charge in [-0.15, -0.1) is 0 Å². The lowest BCUT2D eigenvalue weighted by atomic mass is 9.96. The number of ether oxygens (including phenoxy) is 2. The maximum atomic E-state index is 11.1. The van der Waals surface area contributed by atoms with Gasteiger partial charge in [-0.1, -0.05) is 0 Å². The second-order valence-corrected chi connectivity index (χ2v) is 5.12. The first-order valence-electron chi connectivity index (χ1n) is 6.34. The first-order valence-corrected chi connectivity index (χ1v) is 6.34. The summed E-state index contributed by atoms with van der Waals surface area (Å²) in [6, 6.07) is 0. The summed E-state index contributed by atoms with van der Waals surface area (Å²) in [5.74, 6) is -0.878. The monoisotopic (exact) mass is 243 g/mol. The Morgan fingerprint density at radius 3 is 2.71 bits per heavy atom. The van der Waals surface area contributed by atoms with E-state index >= 15 is 0 Å². The van der Waals surface area contributed by atoms with Crippen LogP contribution < -0.4 is 5.73 Å². The summed E-state index contributed by atoms with van der Waals surface area (Å²) in [7, 11) is 0. The van der Waals surface area contributed by atoms with Gasteiger partial charge >= 0.3 is 5.97 Å². The molecule has 0 radical (unpaired) electrons. The van der Waals surface area contributed by atoms with E-state index in [1.54, 1.807) is 0 Å². The van der Waals surface area contributed by atoms with Crippen LogP contribution in [-0.2, 0) is 14.3 Å². The number of rotatable bonds is 6. The third-order valence-corrected chi connectivity index (χ3v) is 3.62. The highest BCUT2D eigenvalue weighted by atomic mass is 16.5. The summed E-state index contributed by atoms with van der Waals surface area (Å²) in [5.41, 5.74) is 4.70. The average Bonchev–Trinajstić information content (AvgIpc) is 3.14. The predicted molar refractivity (Wildman–Crippen MR) is 61.7 cm³/mol. The average molecular weight is 243 g/mol. The van der Waals surface area contributed by atoms with E-state index in [1.807, 2.05) is 0 Å². The van der Waals surface area contributed by atoms with Crippen LogP contribution in [0.25, 0.3) is 0 Å². The predicted octanol–water partition coefficient (Wildman–Crippen LogP) is 0.764. The van der Waals surface area contributed by atoms with Gasteiger partial charge in [0.1, 0.15) is 5.54 Å². The molecule has 0 aromatic heterocycles. The molecular weight excluding hydrogens is 222 g/mol. The Balaban J connectivity index is 1.73. The lowest BCUT2D eigenvalue weighted by molar-refractivity contribution is -0.148. The molecule has 0 bridgehead atoms. The van der Waals surface area contributed by atoms with Crippen LogP contribution in [0.5, 0.6) is 0 Å². The van der Waals surface area contributed by atoms with Crippen LogP contribution in [-0.4, -0.2) is 42.5 Å². The summed E-state index contributed by atoms with van der Waals surface area (Å²) in [6.07, 6.45) is 5.16. The van der Waals surface area contributed by atoms with Crippen molar-refractivity contribution in [3.63, 3.8) is 0 Å². The summed E-state index contributed by atoms with van der Waals surface area (Å²) < 4.78 is 11.0. The number of carboxylic acids is 1. The Bertz CT molecular complexity index is 274. The molecule has 0 aromatic carbocycles. The standard InChI is InChI=1S/C12H21NO4/c13-12(11(14)15,9-4-5-9)8-16-7-10-3-1-2-6-17-10/h9-10H,1-8,13H2,(H,14,15). The van der Waals surface area contributed by atoms with Crippen molar-refractivity contribution >= 4 is 5.97 Å². The highest BCUT2D eigenvalue weighted by Gasteiger charge is 2.48. The van der Waals surface area contributed by atoms with Crippen LogP contribution in [0.1, 0.15) is 32.1 Å². The molecule has 2 aliphatic rings. The van der Waals surface area contributed by atoms with Gasteiger partial charge in [0.05, 0.1) is 19.3 Å². The van der Waals surface area contributed by atoms with E-state index in [2.05, 4.69) is 0 Å². The molecule has 3 N–H and O–H groups in total. The fourth-order valence-corrected chi connectivity index (χ4v) is 2.25. The fraction of sp³-hybridized carbons (Fsp3) is 0.917. The van der Waals surface area contributed by atoms with Crippen molar-refractivity contribution in [3.05, 3.63) is 0 Å². The van der Waals surface area contributed by atoms with Crippen molar-refractivity contribution in [1.29, 1.82) is 0 Å². The van der Waals surface area contributed by atoms with E-state index in [0.29, 0.717) is 6.61 Å². The first-order chi connectivity index (χ1) is 8.13. The number of aliphatic carboxylic acids is 1. The van der Waals surface area contributed by atoms with Gasteiger partial charge in [0.15, 0.2) is 0 Å². The molecule has 0 amide bonds. The molecule has 2 rings (SSSR count). The van der Waals surface area contributed by atoms with Gasteiger partial charge in [-0.05, 0) is 38.0 Å². The Morgan fingerprint density at radius 1 is 1.41 bits per heavy atom. The maximum Gasteiger partial charge on any atom is 0.326 e. The number of nitrogens with two attached hydrogens (primary N) is 1. The lowest BCUT2D eigenvalue weighted by Crippen LogP contribution is -2.54. The zero-order valence-corrected chi connectivity index (χ0v) is 10.1. The first kappa shape index (κ1) is 12.8. The van der Waals surface area contributed by atoms with Crippen molar-refractivity contribution in [3.8, 4) is 0 Å². The summed E-state index contributed by atoms with van der Waals surface area (Å²) in [4.78, 5) is 11.1. The van der Waals surface area contributed by atoms with E-state index in [0.717, 1.165) is 38.7 Å². The zero-order chi connectivity index (χ0) is 12.3. The Morgan fingerprint density at radius 2 is 2.18 bits per heavy atom. The highest BCUT2D eigenvalue weighted by molar-refractivity contribution is 5.79. The molecule has 5 heteroatoms. The quantitative estimate of drug-likeness (QED) is 0.720. The molecule has 1 aliphatic carbocycles. The van der Waals surface area contributed by atoms with E-state index in [9.17, 15) is 4.79 Å². The van der Waals surface area contributed by atoms with Gasteiger partial charge in [-0.2, -0.15) is 0 Å². The maximum absolute atomic E-state index is 11.1. The van der Waals surface area contributed by atoms with Crippen LogP contribution in [0.4, 0.5) is 0 Å². The molecule has 2 fully saturated rings. The molecular formula is C12H21NO4. The van der Waals surface area contributed by atoms with Crippen LogP contribution in [0, 0.1) is 5.92 Å². The lowest BCUT2D eigenvalue weighted by Gasteiger charge is -2.27. The molecule has 1 heterocycles. The van der Waals surface area contributed by atoms with Crippen LogP contribution in [0.2, 0.25) is 0 Å². The smallest absolute Gasteiger partial charge is 0.326 e. The third kappa shape index (κ3) is 3.18. The summed E-state index contributed by atoms with van der Waals surface area (Å²) >= 11 is 0. The Labute approximate surface area is 101 Å². The Kier molecular flexibility index (Phi) is 4.01.